The maximum Gasteiger partial charge on any atom is 0.0542 e. The van der Waals surface area contributed by atoms with Crippen LogP contribution in [0.25, 0.3) is 159 Å². The molecule has 0 aliphatic rings. The van der Waals surface area contributed by atoms with Crippen molar-refractivity contribution in [3.8, 4) is 61.6 Å². The molecule has 0 spiro atoms. The van der Waals surface area contributed by atoms with Crippen molar-refractivity contribution >= 4 is 132 Å². The zero-order valence-electron chi connectivity index (χ0n) is 62.5. The highest BCUT2D eigenvalue weighted by Gasteiger charge is 2.19. The van der Waals surface area contributed by atoms with E-state index in [-0.39, 0.29) is 0 Å². The van der Waals surface area contributed by atoms with Gasteiger partial charge in [-0.1, -0.05) is 273 Å². The molecule has 538 valence electrons. The van der Waals surface area contributed by atoms with E-state index in [1.807, 2.05) is 12.1 Å². The van der Waals surface area contributed by atoms with Gasteiger partial charge < -0.3 is 29.7 Å². The van der Waals surface area contributed by atoms with E-state index < -0.39 is 0 Å². The summed E-state index contributed by atoms with van der Waals surface area (Å²) in [5, 5.41) is 25.8. The number of rotatable bonds is 13. The van der Waals surface area contributed by atoms with Crippen LogP contribution < -0.4 is 16.0 Å². The minimum atomic E-state index is 1.07. The van der Waals surface area contributed by atoms with Gasteiger partial charge >= 0.3 is 0 Å². The van der Waals surface area contributed by atoms with E-state index in [1.165, 1.54) is 148 Å². The lowest BCUT2D eigenvalue weighted by Crippen LogP contribution is -1.94. The predicted molar refractivity (Wildman–Crippen MR) is 486 cm³/mol. The van der Waals surface area contributed by atoms with Crippen LogP contribution in [0.5, 0.6) is 0 Å². The lowest BCUT2D eigenvalue weighted by molar-refractivity contribution is 1.18. The average molecular weight is 1460 g/mol. The van der Waals surface area contributed by atoms with Crippen LogP contribution in [-0.4, -0.2) is 13.7 Å². The van der Waals surface area contributed by atoms with Crippen LogP contribution >= 0.6 is 0 Å². The minimum absolute atomic E-state index is 1.07. The molecule has 0 aliphatic carbocycles. The summed E-state index contributed by atoms with van der Waals surface area (Å²) in [6.07, 6.45) is 0. The summed E-state index contributed by atoms with van der Waals surface area (Å²) < 4.78 is 7.09. The Morgan fingerprint density at radius 2 is 0.412 bits per heavy atom. The van der Waals surface area contributed by atoms with Crippen LogP contribution in [-0.2, 0) is 0 Å². The van der Waals surface area contributed by atoms with Gasteiger partial charge in [-0.25, -0.2) is 0 Å². The number of hydrogen-bond acceptors (Lipinski definition) is 3. The van der Waals surface area contributed by atoms with Crippen LogP contribution in [0.2, 0.25) is 0 Å². The molecular weight excluding hydrogens is 1380 g/mol. The van der Waals surface area contributed by atoms with Crippen LogP contribution in [0.1, 0.15) is 0 Å². The number of benzene rings is 19. The molecule has 0 amide bonds. The third-order valence-corrected chi connectivity index (χ3v) is 22.0. The van der Waals surface area contributed by atoms with Gasteiger partial charge in [0, 0.05) is 88.9 Å². The van der Waals surface area contributed by atoms with Gasteiger partial charge in [0.15, 0.2) is 0 Å². The Morgan fingerprint density at radius 1 is 0.140 bits per heavy atom. The summed E-state index contributed by atoms with van der Waals surface area (Å²) in [5.74, 6) is 0. The summed E-state index contributed by atoms with van der Waals surface area (Å²) in [5.41, 5.74) is 27.0. The number of anilines is 6. The quantitative estimate of drug-likeness (QED) is 0.108. The third-order valence-electron chi connectivity index (χ3n) is 22.0. The van der Waals surface area contributed by atoms with Crippen molar-refractivity contribution in [2.45, 2.75) is 0 Å². The number of nitrogens with zero attached hydrogens (tertiary/aromatic N) is 3. The van der Waals surface area contributed by atoms with Crippen LogP contribution in [0.15, 0.2) is 443 Å². The van der Waals surface area contributed by atoms with Crippen LogP contribution in [0.3, 0.4) is 0 Å². The molecule has 0 saturated heterocycles. The molecule has 0 bridgehead atoms. The van der Waals surface area contributed by atoms with Gasteiger partial charge in [0.25, 0.3) is 0 Å². The Labute approximate surface area is 661 Å². The molecule has 0 fully saturated rings. The lowest BCUT2D eigenvalue weighted by atomic mass is 9.99. The smallest absolute Gasteiger partial charge is 0.0542 e. The number of hydrogen-bond donors (Lipinski definition) is 3. The zero-order valence-corrected chi connectivity index (χ0v) is 62.5. The van der Waals surface area contributed by atoms with Crippen molar-refractivity contribution in [1.29, 1.82) is 0 Å². The van der Waals surface area contributed by atoms with E-state index in [4.69, 9.17) is 0 Å². The maximum atomic E-state index is 3.71. The van der Waals surface area contributed by atoms with E-state index in [0.717, 1.165) is 45.5 Å². The van der Waals surface area contributed by atoms with Crippen LogP contribution in [0, 0.1) is 0 Å². The fourth-order valence-corrected chi connectivity index (χ4v) is 16.5. The standard InChI is InChI=1S/C38H26N2.C36H26N2.C34H24N2/c1-2-13-32(14-3-1)40-37-21-19-30(29-18-17-26-9-4-5-11-28(26)23-29)24-34(37)35-25-31(20-22-38(35)40)39-36-16-8-12-27-10-6-7-15-33(27)36;1-4-10-26(11-5-1)28-16-19-30(20-17-28)37-31-21-23-36-34(25-31)33-24-29(27-12-6-2-7-13-27)18-22-35(33)38(36)32-14-8-3-9-15-32;1-3-11-28(12-4-1)35-29-18-20-34-32(23-29)31-22-27(26-16-15-24-9-7-8-10-25(24)21-26)17-19-33(31)36(34)30-13-5-2-6-14-30/h1-25,39H;1-25,37H;1-23,35H. The first-order valence-electron chi connectivity index (χ1n) is 38.9. The van der Waals surface area contributed by atoms with E-state index in [9.17, 15) is 0 Å². The molecule has 6 heteroatoms. The molecule has 19 aromatic carbocycles. The van der Waals surface area contributed by atoms with Crippen molar-refractivity contribution in [3.63, 3.8) is 0 Å². The molecule has 22 aromatic rings. The topological polar surface area (TPSA) is 50.9 Å². The first-order chi connectivity index (χ1) is 56.5. The lowest BCUT2D eigenvalue weighted by Gasteiger charge is -2.11. The fourth-order valence-electron chi connectivity index (χ4n) is 16.5. The largest absolute Gasteiger partial charge is 0.356 e. The van der Waals surface area contributed by atoms with Crippen LogP contribution in [0.4, 0.5) is 34.1 Å². The van der Waals surface area contributed by atoms with Gasteiger partial charge in [-0.15, -0.1) is 0 Å². The van der Waals surface area contributed by atoms with Gasteiger partial charge in [-0.2, -0.15) is 0 Å². The monoisotopic (exact) mass is 1460 g/mol. The number of aromatic nitrogens is 3. The molecule has 0 atom stereocenters. The first-order valence-corrected chi connectivity index (χ1v) is 38.9. The minimum Gasteiger partial charge on any atom is -0.356 e. The van der Waals surface area contributed by atoms with Gasteiger partial charge in [0.2, 0.25) is 0 Å². The molecule has 114 heavy (non-hydrogen) atoms. The zero-order chi connectivity index (χ0) is 75.7. The van der Waals surface area contributed by atoms with Gasteiger partial charge in [-0.05, 0) is 241 Å². The normalized spacial score (nSPS) is 11.3. The molecule has 3 heterocycles. The molecule has 22 rings (SSSR count). The Bertz CT molecular complexity index is 7270. The second-order valence-corrected chi connectivity index (χ2v) is 29.1. The summed E-state index contributed by atoms with van der Waals surface area (Å²) in [6.45, 7) is 0. The average Bonchev–Trinajstić information content (AvgIpc) is 1.60. The molecule has 6 nitrogen and oxygen atoms in total. The molecule has 3 aromatic heterocycles. The first kappa shape index (κ1) is 68.1. The summed E-state index contributed by atoms with van der Waals surface area (Å²) in [4.78, 5) is 0. The number of nitrogens with one attached hydrogen (secondary N) is 3. The predicted octanol–water partition coefficient (Wildman–Crippen LogP) is 29.7. The van der Waals surface area contributed by atoms with Crippen molar-refractivity contribution < 1.29 is 0 Å². The second-order valence-electron chi connectivity index (χ2n) is 29.1. The highest BCUT2D eigenvalue weighted by atomic mass is 15.0. The van der Waals surface area contributed by atoms with Gasteiger partial charge in [-0.3, -0.25) is 0 Å². The summed E-state index contributed by atoms with van der Waals surface area (Å²) in [6, 6.07) is 158. The van der Waals surface area contributed by atoms with E-state index >= 15 is 0 Å². The highest BCUT2D eigenvalue weighted by Crippen LogP contribution is 2.42. The maximum absolute atomic E-state index is 3.71. The Morgan fingerprint density at radius 3 is 0.842 bits per heavy atom. The highest BCUT2D eigenvalue weighted by molar-refractivity contribution is 6.15. The fraction of sp³-hybridized carbons (Fsp3) is 0. The van der Waals surface area contributed by atoms with E-state index in [0.29, 0.717) is 0 Å². The Kier molecular flexibility index (Phi) is 17.9. The molecule has 0 radical (unpaired) electrons. The van der Waals surface area contributed by atoms with Crippen molar-refractivity contribution in [2.75, 3.05) is 16.0 Å². The number of para-hydroxylation sites is 4. The van der Waals surface area contributed by atoms with Crippen molar-refractivity contribution in [1.82, 2.24) is 13.7 Å². The molecule has 0 aliphatic heterocycles. The molecule has 0 saturated carbocycles. The second kappa shape index (κ2) is 30.0. The Hall–Kier alpha value is -15.2. The molecule has 3 N–H and O–H groups in total. The Balaban J connectivity index is 0.000000111. The van der Waals surface area contributed by atoms with Crippen molar-refractivity contribution in [3.05, 3.63) is 443 Å². The van der Waals surface area contributed by atoms with Gasteiger partial charge in [0.1, 0.15) is 0 Å². The summed E-state index contributed by atoms with van der Waals surface area (Å²) >= 11 is 0. The number of fused-ring (bicyclic) bond motifs is 12. The van der Waals surface area contributed by atoms with Gasteiger partial charge in [0.05, 0.1) is 33.1 Å². The SMILES string of the molecule is c1ccc(-c2ccc(Nc3ccc4c(c3)c3cc(-c5ccccc5)ccc3n4-c3ccccc3)cc2)cc1.c1ccc(-n2c3ccc(Nc4cccc5ccccc45)cc3c3cc(-c4ccc5ccccc5c4)ccc32)cc1.c1ccc(Nc2ccc3c(c2)c2cc(-c4ccc5ccccc5c4)ccc2n3-c2ccccc2)cc1. The summed E-state index contributed by atoms with van der Waals surface area (Å²) in [7, 11) is 0. The molecule has 0 unspecified atom stereocenters. The molecular formula is C108H76N6. The third kappa shape index (κ3) is 13.4. The van der Waals surface area contributed by atoms with E-state index in [1.54, 1.807) is 0 Å². The van der Waals surface area contributed by atoms with Crippen molar-refractivity contribution in [2.24, 2.45) is 0 Å². The van der Waals surface area contributed by atoms with E-state index in [2.05, 4.69) is 460 Å².